The van der Waals surface area contributed by atoms with E-state index in [4.69, 9.17) is 10.2 Å². The van der Waals surface area contributed by atoms with Gasteiger partial charge in [0, 0.05) is 28.1 Å². The van der Waals surface area contributed by atoms with Crippen LogP contribution < -0.4 is 5.73 Å². The van der Waals surface area contributed by atoms with Crippen molar-refractivity contribution in [3.63, 3.8) is 0 Å². The van der Waals surface area contributed by atoms with Gasteiger partial charge in [0.2, 0.25) is 0 Å². The van der Waals surface area contributed by atoms with Gasteiger partial charge in [-0.15, -0.1) is 11.3 Å². The van der Waals surface area contributed by atoms with Gasteiger partial charge in [0.05, 0.1) is 6.26 Å². The van der Waals surface area contributed by atoms with E-state index in [-0.39, 0.29) is 0 Å². The summed E-state index contributed by atoms with van der Waals surface area (Å²) in [7, 11) is 0. The highest BCUT2D eigenvalue weighted by Gasteiger charge is 2.03. The maximum atomic E-state index is 5.62. The third kappa shape index (κ3) is 2.12. The number of hydrogen-bond acceptors (Lipinski definition) is 3. The zero-order valence-corrected chi connectivity index (χ0v) is 10.2. The van der Waals surface area contributed by atoms with Gasteiger partial charge in [-0.05, 0) is 35.9 Å². The SMILES string of the molecule is NCc1ccc(Cc2ccc3occc3c2)s1. The lowest BCUT2D eigenvalue weighted by atomic mass is 10.1. The summed E-state index contributed by atoms with van der Waals surface area (Å²) < 4.78 is 5.33. The summed E-state index contributed by atoms with van der Waals surface area (Å²) in [6, 6.07) is 12.6. The number of thiophene rings is 1. The van der Waals surface area contributed by atoms with Gasteiger partial charge in [-0.25, -0.2) is 0 Å². The molecule has 0 fully saturated rings. The molecule has 1 aromatic carbocycles. The molecule has 17 heavy (non-hydrogen) atoms. The molecule has 0 amide bonds. The molecule has 0 aliphatic rings. The molecule has 2 N–H and O–H groups in total. The summed E-state index contributed by atoms with van der Waals surface area (Å²) in [5, 5.41) is 1.16. The van der Waals surface area contributed by atoms with E-state index in [9.17, 15) is 0 Å². The van der Waals surface area contributed by atoms with Crippen LogP contribution in [0.4, 0.5) is 0 Å². The number of rotatable bonds is 3. The fourth-order valence-electron chi connectivity index (χ4n) is 1.95. The van der Waals surface area contributed by atoms with Crippen LogP contribution in [0.1, 0.15) is 15.3 Å². The molecule has 0 bridgehead atoms. The minimum atomic E-state index is 0.630. The molecule has 2 heterocycles. The van der Waals surface area contributed by atoms with Gasteiger partial charge in [-0.1, -0.05) is 6.07 Å². The Morgan fingerprint density at radius 1 is 1.06 bits per heavy atom. The van der Waals surface area contributed by atoms with Crippen molar-refractivity contribution in [2.24, 2.45) is 5.73 Å². The van der Waals surface area contributed by atoms with E-state index >= 15 is 0 Å². The largest absolute Gasteiger partial charge is 0.464 e. The fraction of sp³-hybridized carbons (Fsp3) is 0.143. The minimum absolute atomic E-state index is 0.630. The maximum Gasteiger partial charge on any atom is 0.133 e. The summed E-state index contributed by atoms with van der Waals surface area (Å²) in [4.78, 5) is 2.60. The topological polar surface area (TPSA) is 39.2 Å². The summed E-state index contributed by atoms with van der Waals surface area (Å²) in [5.41, 5.74) is 7.87. The van der Waals surface area contributed by atoms with E-state index in [0.717, 1.165) is 17.4 Å². The van der Waals surface area contributed by atoms with Gasteiger partial charge >= 0.3 is 0 Å². The van der Waals surface area contributed by atoms with Crippen LogP contribution in [0.3, 0.4) is 0 Å². The highest BCUT2D eigenvalue weighted by Crippen LogP contribution is 2.22. The summed E-state index contributed by atoms with van der Waals surface area (Å²) >= 11 is 1.79. The van der Waals surface area contributed by atoms with Crippen LogP contribution >= 0.6 is 11.3 Å². The Bertz CT molecular complexity index is 638. The first-order chi connectivity index (χ1) is 8.35. The molecule has 0 atom stereocenters. The average molecular weight is 243 g/mol. The van der Waals surface area contributed by atoms with Crippen molar-refractivity contribution in [3.05, 3.63) is 58.0 Å². The molecule has 0 saturated carbocycles. The summed E-state index contributed by atoms with van der Waals surface area (Å²) in [6.07, 6.45) is 2.69. The molecule has 0 saturated heterocycles. The van der Waals surface area contributed by atoms with Crippen LogP contribution in [0.2, 0.25) is 0 Å². The predicted molar refractivity (Wildman–Crippen MR) is 71.2 cm³/mol. The lowest BCUT2D eigenvalue weighted by Crippen LogP contribution is -1.91. The minimum Gasteiger partial charge on any atom is -0.464 e. The molecule has 3 rings (SSSR count). The molecule has 2 aromatic heterocycles. The molecule has 0 unspecified atom stereocenters. The third-order valence-corrected chi connectivity index (χ3v) is 3.92. The monoisotopic (exact) mass is 243 g/mol. The van der Waals surface area contributed by atoms with Crippen LogP contribution in [0.25, 0.3) is 11.0 Å². The van der Waals surface area contributed by atoms with E-state index in [1.165, 1.54) is 15.3 Å². The number of benzene rings is 1. The smallest absolute Gasteiger partial charge is 0.133 e. The molecule has 2 nitrogen and oxygen atoms in total. The van der Waals surface area contributed by atoms with E-state index in [1.807, 2.05) is 12.1 Å². The van der Waals surface area contributed by atoms with E-state index < -0.39 is 0 Å². The van der Waals surface area contributed by atoms with Crippen molar-refractivity contribution in [3.8, 4) is 0 Å². The Hall–Kier alpha value is -1.58. The highest BCUT2D eigenvalue weighted by atomic mass is 32.1. The Morgan fingerprint density at radius 3 is 2.76 bits per heavy atom. The normalized spacial score (nSPS) is 11.1. The van der Waals surface area contributed by atoms with E-state index in [2.05, 4.69) is 24.3 Å². The molecular formula is C14H13NOS. The van der Waals surface area contributed by atoms with Crippen molar-refractivity contribution in [1.29, 1.82) is 0 Å². The van der Waals surface area contributed by atoms with Crippen LogP contribution in [0.5, 0.6) is 0 Å². The van der Waals surface area contributed by atoms with Gasteiger partial charge in [-0.3, -0.25) is 0 Å². The first-order valence-electron chi connectivity index (χ1n) is 5.59. The van der Waals surface area contributed by atoms with Crippen LogP contribution in [-0.4, -0.2) is 0 Å². The molecule has 0 spiro atoms. The van der Waals surface area contributed by atoms with Crippen molar-refractivity contribution >= 4 is 22.3 Å². The fourth-order valence-corrected chi connectivity index (χ4v) is 2.89. The second-order valence-electron chi connectivity index (χ2n) is 4.04. The summed E-state index contributed by atoms with van der Waals surface area (Å²) in [5.74, 6) is 0. The second kappa shape index (κ2) is 4.35. The molecule has 86 valence electrons. The van der Waals surface area contributed by atoms with Crippen LogP contribution in [0.15, 0.2) is 47.1 Å². The first-order valence-corrected chi connectivity index (χ1v) is 6.40. The van der Waals surface area contributed by atoms with Crippen molar-refractivity contribution < 1.29 is 4.42 Å². The lowest BCUT2D eigenvalue weighted by Gasteiger charge is -1.98. The van der Waals surface area contributed by atoms with Gasteiger partial charge < -0.3 is 10.2 Å². The maximum absolute atomic E-state index is 5.62. The highest BCUT2D eigenvalue weighted by molar-refractivity contribution is 7.12. The average Bonchev–Trinajstić information content (AvgIpc) is 2.96. The predicted octanol–water partition coefficient (Wildman–Crippen LogP) is 3.54. The molecule has 3 aromatic rings. The quantitative estimate of drug-likeness (QED) is 0.764. The van der Waals surface area contributed by atoms with E-state index in [0.29, 0.717) is 6.54 Å². The molecule has 0 aliphatic heterocycles. The standard InChI is InChI=1S/C14H13NOS/c15-9-13-3-2-12(17-13)8-10-1-4-14-11(7-10)5-6-16-14/h1-7H,8-9,15H2. The van der Waals surface area contributed by atoms with E-state index in [1.54, 1.807) is 17.6 Å². The Kier molecular flexibility index (Phi) is 2.71. The Labute approximate surface area is 104 Å². The van der Waals surface area contributed by atoms with Gasteiger partial charge in [0.25, 0.3) is 0 Å². The Balaban J connectivity index is 1.88. The number of hydrogen-bond donors (Lipinski definition) is 1. The van der Waals surface area contributed by atoms with Crippen LogP contribution in [-0.2, 0) is 13.0 Å². The third-order valence-electron chi connectivity index (χ3n) is 2.81. The van der Waals surface area contributed by atoms with Gasteiger partial charge in [0.15, 0.2) is 0 Å². The second-order valence-corrected chi connectivity index (χ2v) is 5.29. The van der Waals surface area contributed by atoms with Crippen LogP contribution in [0, 0.1) is 0 Å². The lowest BCUT2D eigenvalue weighted by molar-refractivity contribution is 0.616. The van der Waals surface area contributed by atoms with Crippen molar-refractivity contribution in [1.82, 2.24) is 0 Å². The molecular weight excluding hydrogens is 230 g/mol. The summed E-state index contributed by atoms with van der Waals surface area (Å²) in [6.45, 7) is 0.630. The molecule has 3 heteroatoms. The first kappa shape index (κ1) is 10.6. The van der Waals surface area contributed by atoms with Crippen molar-refractivity contribution in [2.45, 2.75) is 13.0 Å². The zero-order valence-electron chi connectivity index (χ0n) is 9.35. The number of furan rings is 1. The Morgan fingerprint density at radius 2 is 1.94 bits per heavy atom. The zero-order chi connectivity index (χ0) is 11.7. The number of fused-ring (bicyclic) bond motifs is 1. The number of nitrogens with two attached hydrogens (primary N) is 1. The van der Waals surface area contributed by atoms with Crippen molar-refractivity contribution in [2.75, 3.05) is 0 Å². The van der Waals surface area contributed by atoms with Gasteiger partial charge in [-0.2, -0.15) is 0 Å². The van der Waals surface area contributed by atoms with Gasteiger partial charge in [0.1, 0.15) is 5.58 Å². The molecule has 0 aliphatic carbocycles. The molecule has 0 radical (unpaired) electrons.